The summed E-state index contributed by atoms with van der Waals surface area (Å²) in [6.07, 6.45) is -0.760. The summed E-state index contributed by atoms with van der Waals surface area (Å²) in [6.45, 7) is 1.99. The molecule has 0 aliphatic carbocycles. The van der Waals surface area contributed by atoms with Gasteiger partial charge in [-0.05, 0) is 13.3 Å². The Hall–Kier alpha value is -1.35. The fraction of sp³-hybridized carbons (Fsp3) is 0.800. The Balaban J connectivity index is 2.84. The lowest BCUT2D eigenvalue weighted by Crippen LogP contribution is -2.42. The molecule has 1 saturated heterocycles. The molecule has 19 heavy (non-hydrogen) atoms. The number of amides is 1. The first-order valence-corrected chi connectivity index (χ1v) is 7.59. The minimum atomic E-state index is -3.71. The van der Waals surface area contributed by atoms with Crippen LogP contribution in [0.5, 0.6) is 0 Å². The average molecular weight is 295 g/mol. The minimum absolute atomic E-state index is 0.159. The first kappa shape index (κ1) is 15.7. The van der Waals surface area contributed by atoms with Crippen LogP contribution in [0.3, 0.4) is 0 Å². The molecule has 9 heteroatoms. The van der Waals surface area contributed by atoms with Crippen molar-refractivity contribution in [2.45, 2.75) is 31.9 Å². The van der Waals surface area contributed by atoms with Crippen LogP contribution in [-0.2, 0) is 23.8 Å². The first-order valence-electron chi connectivity index (χ1n) is 5.78. The van der Waals surface area contributed by atoms with E-state index >= 15 is 0 Å². The summed E-state index contributed by atoms with van der Waals surface area (Å²) in [6, 6.07) is -0.841. The summed E-state index contributed by atoms with van der Waals surface area (Å²) in [7, 11) is -3.71. The molecule has 0 aromatic rings. The Morgan fingerprint density at radius 1 is 1.42 bits per heavy atom. The number of rotatable bonds is 5. The smallest absolute Gasteiger partial charge is 0.410 e. The highest BCUT2D eigenvalue weighted by Gasteiger charge is 2.41. The van der Waals surface area contributed by atoms with Crippen molar-refractivity contribution < 1.29 is 32.0 Å². The lowest BCUT2D eigenvalue weighted by Gasteiger charge is -2.25. The second-order valence-electron chi connectivity index (χ2n) is 4.19. The van der Waals surface area contributed by atoms with Crippen LogP contribution in [0.25, 0.3) is 0 Å². The maximum absolute atomic E-state index is 11.7. The van der Waals surface area contributed by atoms with Crippen molar-refractivity contribution in [2.24, 2.45) is 0 Å². The lowest BCUT2D eigenvalue weighted by atomic mass is 10.1. The molecule has 0 saturated carbocycles. The number of nitrogens with zero attached hydrogens (tertiary/aromatic N) is 1. The number of carboxylic acids is 1. The topological polar surface area (TPSA) is 110 Å². The van der Waals surface area contributed by atoms with Crippen LogP contribution >= 0.6 is 0 Å². The average Bonchev–Trinajstić information content (AvgIpc) is 2.59. The van der Waals surface area contributed by atoms with E-state index < -0.39 is 34.3 Å². The van der Waals surface area contributed by atoms with Gasteiger partial charge in [-0.3, -0.25) is 8.98 Å². The third kappa shape index (κ3) is 4.67. The number of ether oxygens (including phenoxy) is 1. The van der Waals surface area contributed by atoms with Gasteiger partial charge in [0.25, 0.3) is 10.1 Å². The molecule has 2 atom stereocenters. The highest BCUT2D eigenvalue weighted by molar-refractivity contribution is 7.86. The second kappa shape index (κ2) is 6.20. The zero-order chi connectivity index (χ0) is 14.6. The van der Waals surface area contributed by atoms with Crippen LogP contribution < -0.4 is 0 Å². The normalized spacial score (nSPS) is 23.4. The van der Waals surface area contributed by atoms with E-state index in [1.54, 1.807) is 6.92 Å². The van der Waals surface area contributed by atoms with Gasteiger partial charge in [0, 0.05) is 6.54 Å². The van der Waals surface area contributed by atoms with E-state index in [4.69, 9.17) is 14.0 Å². The molecule has 1 fully saturated rings. The fourth-order valence-electron chi connectivity index (χ4n) is 2.02. The predicted octanol–water partition coefficient (Wildman–Crippen LogP) is 0.0367. The first-order chi connectivity index (χ1) is 8.74. The zero-order valence-electron chi connectivity index (χ0n) is 10.7. The van der Waals surface area contributed by atoms with Gasteiger partial charge in [-0.1, -0.05) is 0 Å². The van der Waals surface area contributed by atoms with Crippen LogP contribution in [0.2, 0.25) is 0 Å². The van der Waals surface area contributed by atoms with Crippen molar-refractivity contribution in [3.63, 3.8) is 0 Å². The van der Waals surface area contributed by atoms with Crippen LogP contribution in [0.4, 0.5) is 4.79 Å². The number of carbonyl (C=O) groups is 2. The van der Waals surface area contributed by atoms with Gasteiger partial charge < -0.3 is 14.7 Å². The van der Waals surface area contributed by atoms with Crippen molar-refractivity contribution in [3.05, 3.63) is 0 Å². The third-order valence-corrected chi connectivity index (χ3v) is 3.27. The number of carbonyl (C=O) groups excluding carboxylic acids is 1. The predicted molar refractivity (Wildman–Crippen MR) is 64.1 cm³/mol. The van der Waals surface area contributed by atoms with E-state index in [-0.39, 0.29) is 26.0 Å². The highest BCUT2D eigenvalue weighted by Crippen LogP contribution is 2.25. The van der Waals surface area contributed by atoms with Crippen molar-refractivity contribution in [3.8, 4) is 0 Å². The molecule has 1 rings (SSSR count). The molecule has 0 bridgehead atoms. The van der Waals surface area contributed by atoms with Crippen molar-refractivity contribution in [2.75, 3.05) is 19.4 Å². The molecule has 0 aromatic heterocycles. The SMILES string of the molecule is CCOC(=O)N1CC[C@H](OS(C)(=O)=O)[C@H]1CC(=O)O. The van der Waals surface area contributed by atoms with Gasteiger partial charge in [0.2, 0.25) is 0 Å². The number of likely N-dealkylation sites (tertiary alicyclic amines) is 1. The molecule has 110 valence electrons. The van der Waals surface area contributed by atoms with Crippen LogP contribution in [0.15, 0.2) is 0 Å². The summed E-state index contributed by atoms with van der Waals surface area (Å²) >= 11 is 0. The van der Waals surface area contributed by atoms with Gasteiger partial charge in [-0.2, -0.15) is 8.42 Å². The summed E-state index contributed by atoms with van der Waals surface area (Å²) in [5, 5.41) is 8.84. The van der Waals surface area contributed by atoms with Gasteiger partial charge in [0.1, 0.15) is 0 Å². The van der Waals surface area contributed by atoms with Gasteiger partial charge >= 0.3 is 12.1 Å². The van der Waals surface area contributed by atoms with Crippen LogP contribution in [0, 0.1) is 0 Å². The van der Waals surface area contributed by atoms with E-state index in [0.29, 0.717) is 0 Å². The molecule has 0 spiro atoms. The minimum Gasteiger partial charge on any atom is -0.481 e. The van der Waals surface area contributed by atoms with E-state index in [9.17, 15) is 18.0 Å². The second-order valence-corrected chi connectivity index (χ2v) is 5.79. The molecular formula is C10H17NO7S. The van der Waals surface area contributed by atoms with E-state index in [0.717, 1.165) is 6.26 Å². The summed E-state index contributed by atoms with van der Waals surface area (Å²) in [5.74, 6) is -1.14. The molecule has 0 unspecified atom stereocenters. The number of hydrogen-bond acceptors (Lipinski definition) is 6. The maximum atomic E-state index is 11.7. The Kier molecular flexibility index (Phi) is 5.12. The van der Waals surface area contributed by atoms with Crippen molar-refractivity contribution in [1.82, 2.24) is 4.90 Å². The zero-order valence-corrected chi connectivity index (χ0v) is 11.6. The summed E-state index contributed by atoms with van der Waals surface area (Å²) in [4.78, 5) is 23.7. The Bertz CT molecular complexity index is 447. The number of hydrogen-bond donors (Lipinski definition) is 1. The summed E-state index contributed by atoms with van der Waals surface area (Å²) in [5.41, 5.74) is 0. The molecule has 1 amide bonds. The largest absolute Gasteiger partial charge is 0.481 e. The van der Waals surface area contributed by atoms with Crippen LogP contribution in [-0.4, -0.2) is 62.0 Å². The monoisotopic (exact) mass is 295 g/mol. The third-order valence-electron chi connectivity index (χ3n) is 2.67. The van der Waals surface area contributed by atoms with Gasteiger partial charge in [-0.15, -0.1) is 0 Å². The van der Waals surface area contributed by atoms with E-state index in [2.05, 4.69) is 0 Å². The molecule has 8 nitrogen and oxygen atoms in total. The Morgan fingerprint density at radius 2 is 2.05 bits per heavy atom. The summed E-state index contributed by atoms with van der Waals surface area (Å²) < 4.78 is 31.9. The van der Waals surface area contributed by atoms with Crippen LogP contribution in [0.1, 0.15) is 19.8 Å². The Morgan fingerprint density at radius 3 is 2.53 bits per heavy atom. The van der Waals surface area contributed by atoms with Crippen molar-refractivity contribution >= 4 is 22.2 Å². The highest BCUT2D eigenvalue weighted by atomic mass is 32.2. The molecule has 1 N–H and O–H groups in total. The van der Waals surface area contributed by atoms with Gasteiger partial charge in [-0.25, -0.2) is 4.79 Å². The number of aliphatic carboxylic acids is 1. The van der Waals surface area contributed by atoms with Gasteiger partial charge in [0.15, 0.2) is 0 Å². The molecule has 1 heterocycles. The Labute approximate surface area is 111 Å². The molecule has 0 radical (unpaired) electrons. The molecule has 0 aromatic carbocycles. The quantitative estimate of drug-likeness (QED) is 0.713. The molecule has 1 aliphatic rings. The standard InChI is InChI=1S/C10H17NO7S/c1-3-17-10(14)11-5-4-8(18-19(2,15)16)7(11)6-9(12)13/h7-8H,3-6H2,1-2H3,(H,12,13)/t7-,8+/m1/s1. The van der Waals surface area contributed by atoms with E-state index in [1.807, 2.05) is 0 Å². The van der Waals surface area contributed by atoms with Gasteiger partial charge in [0.05, 0.1) is 31.4 Å². The fourth-order valence-corrected chi connectivity index (χ4v) is 2.69. The van der Waals surface area contributed by atoms with E-state index in [1.165, 1.54) is 4.90 Å². The molecule has 1 aliphatic heterocycles. The lowest BCUT2D eigenvalue weighted by molar-refractivity contribution is -0.138. The number of carboxylic acid groups (broad SMARTS) is 1. The maximum Gasteiger partial charge on any atom is 0.410 e. The van der Waals surface area contributed by atoms with Crippen molar-refractivity contribution in [1.29, 1.82) is 0 Å². The molecular weight excluding hydrogens is 278 g/mol.